The number of benzene rings is 1. The monoisotopic (exact) mass is 429 g/mol. The normalized spacial score (nSPS) is 13.6. The minimum absolute atomic E-state index is 0.0615. The maximum absolute atomic E-state index is 13.4. The van der Waals surface area contributed by atoms with Crippen LogP contribution in [0.1, 0.15) is 48.7 Å². The topological polar surface area (TPSA) is 91.6 Å². The first-order valence-electron chi connectivity index (χ1n) is 10.4. The first-order chi connectivity index (χ1) is 14.7. The van der Waals surface area contributed by atoms with Crippen molar-refractivity contribution in [3.63, 3.8) is 0 Å². The maximum Gasteiger partial charge on any atom is 0.268 e. The number of nitrogens with one attached hydrogen (secondary N) is 1. The Balaban J connectivity index is 2.05. The molecule has 0 aliphatic carbocycles. The van der Waals surface area contributed by atoms with Gasteiger partial charge in [-0.1, -0.05) is 13.8 Å². The zero-order valence-electron chi connectivity index (χ0n) is 18.1. The van der Waals surface area contributed by atoms with E-state index in [9.17, 15) is 23.9 Å². The summed E-state index contributed by atoms with van der Waals surface area (Å²) in [6.07, 6.45) is 2.20. The molecule has 1 aliphatic heterocycles. The smallest absolute Gasteiger partial charge is 0.268 e. The number of carbonyl (C=O) groups excluding carboxylic acids is 2. The Bertz CT molecular complexity index is 1040. The van der Waals surface area contributed by atoms with Gasteiger partial charge in [-0.2, -0.15) is 0 Å². The molecule has 2 amide bonds. The molecule has 0 spiro atoms. The van der Waals surface area contributed by atoms with Crippen molar-refractivity contribution in [3.05, 3.63) is 63.3 Å². The van der Waals surface area contributed by atoms with E-state index in [1.165, 1.54) is 28.8 Å². The van der Waals surface area contributed by atoms with Crippen molar-refractivity contribution in [2.75, 3.05) is 19.7 Å². The highest BCUT2D eigenvalue weighted by Gasteiger charge is 2.30. The maximum atomic E-state index is 13.4. The number of hydrogen-bond acceptors (Lipinski definition) is 4. The fourth-order valence-corrected chi connectivity index (χ4v) is 3.72. The van der Waals surface area contributed by atoms with Crippen LogP contribution in [0.5, 0.6) is 0 Å². The molecule has 2 heterocycles. The van der Waals surface area contributed by atoms with Crippen LogP contribution in [0.2, 0.25) is 0 Å². The summed E-state index contributed by atoms with van der Waals surface area (Å²) in [4.78, 5) is 40.4. The number of halogens is 1. The first kappa shape index (κ1) is 22.7. The number of aliphatic hydroxyl groups is 1. The third kappa shape index (κ3) is 4.85. The van der Waals surface area contributed by atoms with Gasteiger partial charge in [0.1, 0.15) is 11.4 Å². The zero-order valence-corrected chi connectivity index (χ0v) is 18.1. The van der Waals surface area contributed by atoms with E-state index in [4.69, 9.17) is 0 Å². The summed E-state index contributed by atoms with van der Waals surface area (Å²) < 4.78 is 14.7. The summed E-state index contributed by atoms with van der Waals surface area (Å²) in [6, 6.07) is 5.44. The van der Waals surface area contributed by atoms with Crippen LogP contribution in [0.15, 0.2) is 35.3 Å². The van der Waals surface area contributed by atoms with Crippen LogP contribution in [0.25, 0.3) is 5.69 Å². The SMILES string of the molecule is CCNC(=O)c1c2c(cn(-c3ccc(F)cc3)c1=O)CN(C(=O)CC(C)(C)CO)CC2. The number of amides is 2. The third-order valence-electron chi connectivity index (χ3n) is 5.48. The zero-order chi connectivity index (χ0) is 22.8. The van der Waals surface area contributed by atoms with Gasteiger partial charge in [0, 0.05) is 44.5 Å². The summed E-state index contributed by atoms with van der Waals surface area (Å²) in [6.45, 7) is 6.33. The minimum atomic E-state index is -0.531. The van der Waals surface area contributed by atoms with Gasteiger partial charge in [0.05, 0.1) is 0 Å². The lowest BCUT2D eigenvalue weighted by atomic mass is 9.89. The van der Waals surface area contributed by atoms with Crippen LogP contribution in [-0.4, -0.2) is 46.1 Å². The predicted molar refractivity (Wildman–Crippen MR) is 115 cm³/mol. The van der Waals surface area contributed by atoms with E-state index >= 15 is 0 Å². The second-order valence-electron chi connectivity index (χ2n) is 8.58. The Hall–Kier alpha value is -3.00. The van der Waals surface area contributed by atoms with Crippen molar-refractivity contribution in [1.82, 2.24) is 14.8 Å². The van der Waals surface area contributed by atoms with Gasteiger partial charge in [-0.25, -0.2) is 4.39 Å². The van der Waals surface area contributed by atoms with E-state index < -0.39 is 22.7 Å². The standard InChI is InChI=1S/C23H28FN3O4/c1-4-25-21(30)20-18-9-10-26(19(29)11-23(2,3)14-28)12-15(18)13-27(22(20)31)17-7-5-16(24)6-8-17/h5-8,13,28H,4,9-12,14H2,1-3H3,(H,25,30). The molecule has 0 saturated heterocycles. The van der Waals surface area contributed by atoms with Crippen LogP contribution in [-0.2, 0) is 17.8 Å². The number of fused-ring (bicyclic) bond motifs is 1. The van der Waals surface area contributed by atoms with E-state index in [-0.39, 0.29) is 31.0 Å². The Morgan fingerprint density at radius 1 is 1.23 bits per heavy atom. The van der Waals surface area contributed by atoms with Crippen LogP contribution in [0, 0.1) is 11.2 Å². The molecule has 0 atom stereocenters. The largest absolute Gasteiger partial charge is 0.396 e. The lowest BCUT2D eigenvalue weighted by Crippen LogP contribution is -2.42. The molecule has 1 aromatic heterocycles. The summed E-state index contributed by atoms with van der Waals surface area (Å²) in [5, 5.41) is 12.2. The van der Waals surface area contributed by atoms with E-state index in [1.807, 2.05) is 13.8 Å². The number of rotatable bonds is 6. The molecular formula is C23H28FN3O4. The highest BCUT2D eigenvalue weighted by atomic mass is 19.1. The molecule has 3 rings (SSSR count). The molecule has 31 heavy (non-hydrogen) atoms. The average Bonchev–Trinajstić information content (AvgIpc) is 2.73. The van der Waals surface area contributed by atoms with Gasteiger partial charge in [0.25, 0.3) is 11.5 Å². The van der Waals surface area contributed by atoms with Gasteiger partial charge >= 0.3 is 0 Å². The minimum Gasteiger partial charge on any atom is -0.396 e. The van der Waals surface area contributed by atoms with Gasteiger partial charge in [0.2, 0.25) is 5.91 Å². The molecule has 0 saturated carbocycles. The molecule has 0 radical (unpaired) electrons. The Kier molecular flexibility index (Phi) is 6.59. The van der Waals surface area contributed by atoms with Gasteiger partial charge in [0.15, 0.2) is 0 Å². The second kappa shape index (κ2) is 9.01. The average molecular weight is 429 g/mol. The quantitative estimate of drug-likeness (QED) is 0.735. The summed E-state index contributed by atoms with van der Waals surface area (Å²) in [5.74, 6) is -0.979. The summed E-state index contributed by atoms with van der Waals surface area (Å²) in [7, 11) is 0. The molecule has 2 aromatic rings. The lowest BCUT2D eigenvalue weighted by molar-refractivity contribution is -0.134. The van der Waals surface area contributed by atoms with E-state index in [0.29, 0.717) is 36.3 Å². The first-order valence-corrected chi connectivity index (χ1v) is 10.4. The Morgan fingerprint density at radius 3 is 2.52 bits per heavy atom. The number of nitrogens with zero attached hydrogens (tertiary/aromatic N) is 2. The molecule has 0 bridgehead atoms. The predicted octanol–water partition coefficient (Wildman–Crippen LogP) is 2.02. The van der Waals surface area contributed by atoms with Crippen molar-refractivity contribution in [1.29, 1.82) is 0 Å². The summed E-state index contributed by atoms with van der Waals surface area (Å²) >= 11 is 0. The number of hydrogen-bond donors (Lipinski definition) is 2. The second-order valence-corrected chi connectivity index (χ2v) is 8.58. The van der Waals surface area contributed by atoms with Crippen molar-refractivity contribution < 1.29 is 19.1 Å². The molecule has 0 unspecified atom stereocenters. The third-order valence-corrected chi connectivity index (χ3v) is 5.48. The van der Waals surface area contributed by atoms with Gasteiger partial charge in [-0.05, 0) is 54.2 Å². The molecule has 0 fully saturated rings. The molecular weight excluding hydrogens is 401 g/mol. The van der Waals surface area contributed by atoms with Gasteiger partial charge in [-0.3, -0.25) is 19.0 Å². The molecule has 7 nitrogen and oxygen atoms in total. The van der Waals surface area contributed by atoms with Crippen molar-refractivity contribution >= 4 is 11.8 Å². The van der Waals surface area contributed by atoms with Crippen LogP contribution >= 0.6 is 0 Å². The number of carbonyl (C=O) groups is 2. The highest BCUT2D eigenvalue weighted by molar-refractivity contribution is 5.96. The van der Waals surface area contributed by atoms with Gasteiger partial charge < -0.3 is 15.3 Å². The number of pyridine rings is 1. The highest BCUT2D eigenvalue weighted by Crippen LogP contribution is 2.26. The van der Waals surface area contributed by atoms with E-state index in [1.54, 1.807) is 18.0 Å². The molecule has 8 heteroatoms. The number of aliphatic hydroxyl groups excluding tert-OH is 1. The van der Waals surface area contributed by atoms with Crippen molar-refractivity contribution in [2.45, 2.75) is 40.2 Å². The molecule has 2 N–H and O–H groups in total. The van der Waals surface area contributed by atoms with Crippen LogP contribution < -0.4 is 10.9 Å². The fourth-order valence-electron chi connectivity index (χ4n) is 3.72. The fraction of sp³-hybridized carbons (Fsp3) is 0.435. The van der Waals surface area contributed by atoms with E-state index in [0.717, 1.165) is 0 Å². The van der Waals surface area contributed by atoms with Crippen LogP contribution in [0.3, 0.4) is 0 Å². The van der Waals surface area contributed by atoms with Crippen molar-refractivity contribution in [2.24, 2.45) is 5.41 Å². The molecule has 1 aliphatic rings. The Morgan fingerprint density at radius 2 is 1.90 bits per heavy atom. The van der Waals surface area contributed by atoms with Crippen molar-refractivity contribution in [3.8, 4) is 5.69 Å². The molecule has 1 aromatic carbocycles. The lowest BCUT2D eigenvalue weighted by Gasteiger charge is -2.32. The van der Waals surface area contributed by atoms with E-state index in [2.05, 4.69) is 5.32 Å². The van der Waals surface area contributed by atoms with Gasteiger partial charge in [-0.15, -0.1) is 0 Å². The Labute approximate surface area is 180 Å². The van der Waals surface area contributed by atoms with Crippen LogP contribution in [0.4, 0.5) is 4.39 Å². The number of aromatic nitrogens is 1. The molecule has 166 valence electrons. The summed E-state index contributed by atoms with van der Waals surface area (Å²) in [5.41, 5.74) is 0.830.